The fraction of sp³-hybridized carbons (Fsp3) is 0.692. The molecule has 1 aromatic rings. The first-order valence-corrected chi connectivity index (χ1v) is 7.11. The van der Waals surface area contributed by atoms with Gasteiger partial charge in [0.1, 0.15) is 0 Å². The fourth-order valence-electron chi connectivity index (χ4n) is 2.65. The van der Waals surface area contributed by atoms with E-state index >= 15 is 0 Å². The van der Waals surface area contributed by atoms with Crippen molar-refractivity contribution >= 4 is 11.3 Å². The molecule has 2 heterocycles. The topological polar surface area (TPSA) is 29.3 Å². The second-order valence-corrected chi connectivity index (χ2v) is 5.93. The SMILES string of the molecule is C[C@@H]1CCC[C@H](C)N1CC(N)c1cccs1. The number of thiophene rings is 1. The summed E-state index contributed by atoms with van der Waals surface area (Å²) in [4.78, 5) is 3.89. The molecule has 1 unspecified atom stereocenters. The van der Waals surface area contributed by atoms with Crippen LogP contribution in [0.2, 0.25) is 0 Å². The van der Waals surface area contributed by atoms with E-state index in [1.54, 1.807) is 11.3 Å². The molecular formula is C13H22N2S. The third-order valence-corrected chi connectivity index (χ3v) is 4.70. The summed E-state index contributed by atoms with van der Waals surface area (Å²) >= 11 is 1.77. The van der Waals surface area contributed by atoms with Gasteiger partial charge in [0.05, 0.1) is 6.04 Å². The highest BCUT2D eigenvalue weighted by Gasteiger charge is 2.26. The van der Waals surface area contributed by atoms with Gasteiger partial charge in [-0.05, 0) is 38.1 Å². The summed E-state index contributed by atoms with van der Waals surface area (Å²) in [7, 11) is 0. The summed E-state index contributed by atoms with van der Waals surface area (Å²) in [6, 6.07) is 5.80. The van der Waals surface area contributed by atoms with Crippen molar-refractivity contribution in [2.75, 3.05) is 6.54 Å². The van der Waals surface area contributed by atoms with E-state index < -0.39 is 0 Å². The van der Waals surface area contributed by atoms with E-state index in [0.717, 1.165) is 6.54 Å². The first-order valence-electron chi connectivity index (χ1n) is 6.23. The summed E-state index contributed by atoms with van der Waals surface area (Å²) in [5.41, 5.74) is 6.26. The lowest BCUT2D eigenvalue weighted by atomic mass is 9.97. The Kier molecular flexibility index (Phi) is 4.00. The molecule has 90 valence electrons. The van der Waals surface area contributed by atoms with E-state index in [9.17, 15) is 0 Å². The van der Waals surface area contributed by atoms with Crippen molar-refractivity contribution in [2.24, 2.45) is 5.73 Å². The highest BCUT2D eigenvalue weighted by molar-refractivity contribution is 7.10. The predicted molar refractivity (Wildman–Crippen MR) is 70.7 cm³/mol. The Morgan fingerprint density at radius 3 is 2.69 bits per heavy atom. The van der Waals surface area contributed by atoms with Crippen LogP contribution in [0, 0.1) is 0 Å². The zero-order valence-electron chi connectivity index (χ0n) is 10.2. The third-order valence-electron chi connectivity index (χ3n) is 3.69. The number of piperidine rings is 1. The van der Waals surface area contributed by atoms with Crippen LogP contribution in [0.4, 0.5) is 0 Å². The van der Waals surface area contributed by atoms with Crippen molar-refractivity contribution in [2.45, 2.75) is 51.2 Å². The van der Waals surface area contributed by atoms with Gasteiger partial charge in [-0.3, -0.25) is 4.90 Å². The van der Waals surface area contributed by atoms with Crippen LogP contribution in [-0.2, 0) is 0 Å². The highest BCUT2D eigenvalue weighted by Crippen LogP contribution is 2.26. The smallest absolute Gasteiger partial charge is 0.0519 e. The first-order chi connectivity index (χ1) is 7.68. The van der Waals surface area contributed by atoms with Crippen LogP contribution >= 0.6 is 11.3 Å². The average Bonchev–Trinajstić information content (AvgIpc) is 2.76. The Labute approximate surface area is 102 Å². The van der Waals surface area contributed by atoms with Crippen LogP contribution in [0.15, 0.2) is 17.5 Å². The van der Waals surface area contributed by atoms with Gasteiger partial charge in [0.25, 0.3) is 0 Å². The van der Waals surface area contributed by atoms with Gasteiger partial charge < -0.3 is 5.73 Å². The molecule has 2 N–H and O–H groups in total. The normalized spacial score (nSPS) is 29.2. The van der Waals surface area contributed by atoms with Gasteiger partial charge in [0.2, 0.25) is 0 Å². The van der Waals surface area contributed by atoms with Gasteiger partial charge in [-0.25, -0.2) is 0 Å². The van der Waals surface area contributed by atoms with Gasteiger partial charge in [0, 0.05) is 23.5 Å². The Morgan fingerprint density at radius 2 is 2.12 bits per heavy atom. The number of nitrogens with zero attached hydrogens (tertiary/aromatic N) is 1. The molecule has 3 atom stereocenters. The van der Waals surface area contributed by atoms with Crippen LogP contribution in [0.5, 0.6) is 0 Å². The number of hydrogen-bond acceptors (Lipinski definition) is 3. The largest absolute Gasteiger partial charge is 0.322 e. The average molecular weight is 238 g/mol. The molecular weight excluding hydrogens is 216 g/mol. The molecule has 1 saturated heterocycles. The molecule has 1 aliphatic heterocycles. The van der Waals surface area contributed by atoms with Crippen LogP contribution in [-0.4, -0.2) is 23.5 Å². The zero-order chi connectivity index (χ0) is 11.5. The fourth-order valence-corrected chi connectivity index (χ4v) is 3.37. The van der Waals surface area contributed by atoms with Crippen LogP contribution < -0.4 is 5.73 Å². The van der Waals surface area contributed by atoms with Crippen molar-refractivity contribution in [1.29, 1.82) is 0 Å². The van der Waals surface area contributed by atoms with Crippen LogP contribution in [0.25, 0.3) is 0 Å². The Morgan fingerprint density at radius 1 is 1.44 bits per heavy atom. The minimum Gasteiger partial charge on any atom is -0.322 e. The molecule has 1 fully saturated rings. The quantitative estimate of drug-likeness (QED) is 0.877. The molecule has 0 bridgehead atoms. The summed E-state index contributed by atoms with van der Waals surface area (Å²) in [5.74, 6) is 0. The molecule has 1 aromatic heterocycles. The second-order valence-electron chi connectivity index (χ2n) is 4.95. The predicted octanol–water partition coefficient (Wildman–Crippen LogP) is 3.01. The summed E-state index contributed by atoms with van der Waals surface area (Å²) in [6.07, 6.45) is 4.01. The van der Waals surface area contributed by atoms with E-state index in [4.69, 9.17) is 5.73 Å². The maximum absolute atomic E-state index is 6.26. The Hall–Kier alpha value is -0.380. The lowest BCUT2D eigenvalue weighted by molar-refractivity contribution is 0.0965. The lowest BCUT2D eigenvalue weighted by Gasteiger charge is -2.40. The van der Waals surface area contributed by atoms with Crippen LogP contribution in [0.1, 0.15) is 44.0 Å². The van der Waals surface area contributed by atoms with Crippen molar-refractivity contribution in [1.82, 2.24) is 4.90 Å². The first kappa shape index (κ1) is 12.1. The highest BCUT2D eigenvalue weighted by atomic mass is 32.1. The van der Waals surface area contributed by atoms with Crippen molar-refractivity contribution in [3.05, 3.63) is 22.4 Å². The Bertz CT molecular complexity index is 300. The standard InChI is InChI=1S/C13H22N2S/c1-10-5-3-6-11(2)15(10)9-12(14)13-7-4-8-16-13/h4,7-8,10-12H,3,5-6,9,14H2,1-2H3/t10-,11+,12?. The molecule has 2 rings (SSSR count). The van der Waals surface area contributed by atoms with Crippen molar-refractivity contribution < 1.29 is 0 Å². The van der Waals surface area contributed by atoms with Gasteiger partial charge in [0.15, 0.2) is 0 Å². The molecule has 0 saturated carbocycles. The molecule has 16 heavy (non-hydrogen) atoms. The van der Waals surface area contributed by atoms with Gasteiger partial charge >= 0.3 is 0 Å². The van der Waals surface area contributed by atoms with E-state index in [2.05, 4.69) is 36.3 Å². The molecule has 3 heteroatoms. The zero-order valence-corrected chi connectivity index (χ0v) is 11.0. The number of hydrogen-bond donors (Lipinski definition) is 1. The molecule has 0 aromatic carbocycles. The minimum absolute atomic E-state index is 0.183. The molecule has 2 nitrogen and oxygen atoms in total. The van der Waals surface area contributed by atoms with Gasteiger partial charge in [-0.2, -0.15) is 0 Å². The van der Waals surface area contributed by atoms with E-state index in [1.807, 2.05) is 0 Å². The molecule has 1 aliphatic rings. The number of rotatable bonds is 3. The maximum Gasteiger partial charge on any atom is 0.0519 e. The van der Waals surface area contributed by atoms with Crippen LogP contribution in [0.3, 0.4) is 0 Å². The molecule has 0 radical (unpaired) electrons. The second kappa shape index (κ2) is 5.30. The van der Waals surface area contributed by atoms with Crippen molar-refractivity contribution in [3.63, 3.8) is 0 Å². The summed E-state index contributed by atoms with van der Waals surface area (Å²) in [5, 5.41) is 2.11. The molecule has 0 spiro atoms. The third kappa shape index (κ3) is 2.65. The maximum atomic E-state index is 6.26. The molecule has 0 amide bonds. The van der Waals surface area contributed by atoms with E-state index in [-0.39, 0.29) is 6.04 Å². The summed E-state index contributed by atoms with van der Waals surface area (Å²) in [6.45, 7) is 5.66. The van der Waals surface area contributed by atoms with E-state index in [0.29, 0.717) is 12.1 Å². The number of nitrogens with two attached hydrogens (primary N) is 1. The minimum atomic E-state index is 0.183. The number of likely N-dealkylation sites (tertiary alicyclic amines) is 1. The Balaban J connectivity index is 1.97. The van der Waals surface area contributed by atoms with Gasteiger partial charge in [-0.1, -0.05) is 12.5 Å². The lowest BCUT2D eigenvalue weighted by Crippen LogP contribution is -2.46. The monoisotopic (exact) mass is 238 g/mol. The van der Waals surface area contributed by atoms with Crippen molar-refractivity contribution in [3.8, 4) is 0 Å². The van der Waals surface area contributed by atoms with Gasteiger partial charge in [-0.15, -0.1) is 11.3 Å². The molecule has 0 aliphatic carbocycles. The van der Waals surface area contributed by atoms with E-state index in [1.165, 1.54) is 24.1 Å². The summed E-state index contributed by atoms with van der Waals surface area (Å²) < 4.78 is 0.